The summed E-state index contributed by atoms with van der Waals surface area (Å²) < 4.78 is 11.7. The zero-order chi connectivity index (χ0) is 20.8. The van der Waals surface area contributed by atoms with E-state index in [1.165, 1.54) is 17.3 Å². The fraction of sp³-hybridized carbons (Fsp3) is 0.304. The van der Waals surface area contributed by atoms with Crippen LogP contribution in [0.5, 0.6) is 11.5 Å². The van der Waals surface area contributed by atoms with Gasteiger partial charge in [0.05, 0.1) is 18.6 Å². The van der Waals surface area contributed by atoms with Gasteiger partial charge >= 0.3 is 0 Å². The molecule has 1 aliphatic heterocycles. The lowest BCUT2D eigenvalue weighted by Crippen LogP contribution is -2.29. The molecule has 0 N–H and O–H groups in total. The highest BCUT2D eigenvalue weighted by molar-refractivity contribution is 8.26. The summed E-state index contributed by atoms with van der Waals surface area (Å²) in [6.45, 7) is 5.09. The summed E-state index contributed by atoms with van der Waals surface area (Å²) in [5.41, 5.74) is 3.21. The minimum atomic E-state index is -0.0266. The van der Waals surface area contributed by atoms with E-state index in [4.69, 9.17) is 21.7 Å². The van der Waals surface area contributed by atoms with Gasteiger partial charge in [0.2, 0.25) is 0 Å². The molecule has 0 aromatic heterocycles. The predicted molar refractivity (Wildman–Crippen MR) is 124 cm³/mol. The molecule has 0 aliphatic carbocycles. The molecule has 4 nitrogen and oxygen atoms in total. The number of thioether (sulfide) groups is 1. The molecule has 29 heavy (non-hydrogen) atoms. The number of amides is 1. The molecule has 0 radical (unpaired) electrons. The second-order valence-electron chi connectivity index (χ2n) is 6.72. The molecule has 0 atom stereocenters. The first kappa shape index (κ1) is 21.4. The van der Waals surface area contributed by atoms with Gasteiger partial charge in [0.25, 0.3) is 5.91 Å². The van der Waals surface area contributed by atoms with Crippen molar-refractivity contribution >= 4 is 40.3 Å². The molecule has 1 amide bonds. The van der Waals surface area contributed by atoms with Gasteiger partial charge in [-0.2, -0.15) is 0 Å². The third-order valence-electron chi connectivity index (χ3n) is 4.70. The third kappa shape index (κ3) is 5.19. The average Bonchev–Trinajstić information content (AvgIpc) is 2.98. The molecule has 0 saturated carbocycles. The smallest absolute Gasteiger partial charge is 0.266 e. The molecule has 2 aromatic rings. The van der Waals surface area contributed by atoms with Gasteiger partial charge < -0.3 is 9.47 Å². The van der Waals surface area contributed by atoms with Crippen molar-refractivity contribution < 1.29 is 14.3 Å². The van der Waals surface area contributed by atoms with Crippen molar-refractivity contribution in [3.63, 3.8) is 0 Å². The van der Waals surface area contributed by atoms with Crippen molar-refractivity contribution in [2.45, 2.75) is 26.7 Å². The van der Waals surface area contributed by atoms with Crippen LogP contribution >= 0.6 is 24.0 Å². The standard InChI is InChI=1S/C23H25NO3S2/c1-4-27-20-14-18(16(2)13-19(20)26-3)15-21-22(25)24(23(28)29-21)12-8-11-17-9-6-5-7-10-17/h5-7,9-10,13-15H,4,8,11-12H2,1-3H3/b21-15-. The van der Waals surface area contributed by atoms with E-state index in [-0.39, 0.29) is 5.91 Å². The quantitative estimate of drug-likeness (QED) is 0.426. The van der Waals surface area contributed by atoms with Crippen molar-refractivity contribution in [3.8, 4) is 11.5 Å². The van der Waals surface area contributed by atoms with Crippen LogP contribution in [0.3, 0.4) is 0 Å². The number of hydrogen-bond acceptors (Lipinski definition) is 5. The number of rotatable bonds is 8. The monoisotopic (exact) mass is 427 g/mol. The summed E-state index contributed by atoms with van der Waals surface area (Å²) in [5.74, 6) is 1.33. The maximum absolute atomic E-state index is 12.9. The van der Waals surface area contributed by atoms with Gasteiger partial charge in [-0.05, 0) is 61.6 Å². The van der Waals surface area contributed by atoms with E-state index in [2.05, 4.69) is 12.1 Å². The minimum Gasteiger partial charge on any atom is -0.493 e. The number of thiocarbonyl (C=S) groups is 1. The topological polar surface area (TPSA) is 38.8 Å². The maximum atomic E-state index is 12.9. The van der Waals surface area contributed by atoms with Gasteiger partial charge in [-0.25, -0.2) is 0 Å². The number of ether oxygens (including phenoxy) is 2. The first-order valence-corrected chi connectivity index (χ1v) is 10.9. The Morgan fingerprint density at radius 2 is 1.93 bits per heavy atom. The second kappa shape index (κ2) is 9.94. The number of methoxy groups -OCH3 is 1. The van der Waals surface area contributed by atoms with Gasteiger partial charge in [0, 0.05) is 6.54 Å². The molecule has 0 bridgehead atoms. The molecule has 1 heterocycles. The SMILES string of the molecule is CCOc1cc(/C=C2\SC(=S)N(CCCc3ccccc3)C2=O)c(C)cc1OC. The van der Waals surface area contributed by atoms with Crippen LogP contribution in [0.1, 0.15) is 30.0 Å². The van der Waals surface area contributed by atoms with Crippen LogP contribution in [0.4, 0.5) is 0 Å². The lowest BCUT2D eigenvalue weighted by atomic mass is 10.1. The molecule has 1 aliphatic rings. The van der Waals surface area contributed by atoms with Crippen LogP contribution in [-0.4, -0.2) is 35.4 Å². The van der Waals surface area contributed by atoms with Gasteiger partial charge in [0.1, 0.15) is 4.32 Å². The lowest BCUT2D eigenvalue weighted by molar-refractivity contribution is -0.122. The molecule has 0 unspecified atom stereocenters. The fourth-order valence-electron chi connectivity index (χ4n) is 3.18. The number of carbonyl (C=O) groups is 1. The van der Waals surface area contributed by atoms with E-state index < -0.39 is 0 Å². The fourth-order valence-corrected chi connectivity index (χ4v) is 4.48. The molecule has 1 saturated heterocycles. The maximum Gasteiger partial charge on any atom is 0.266 e. The van der Waals surface area contributed by atoms with Gasteiger partial charge in [0.15, 0.2) is 11.5 Å². The van der Waals surface area contributed by atoms with Crippen molar-refractivity contribution in [1.29, 1.82) is 0 Å². The van der Waals surface area contributed by atoms with E-state index >= 15 is 0 Å². The van der Waals surface area contributed by atoms with Gasteiger partial charge in [-0.1, -0.05) is 54.3 Å². The molecule has 6 heteroatoms. The Morgan fingerprint density at radius 3 is 2.62 bits per heavy atom. The van der Waals surface area contributed by atoms with Crippen LogP contribution in [0.25, 0.3) is 6.08 Å². The van der Waals surface area contributed by atoms with Crippen molar-refractivity contribution in [3.05, 3.63) is 64.1 Å². The molecule has 152 valence electrons. The Hall–Kier alpha value is -2.31. The minimum absolute atomic E-state index is 0.0266. The molecule has 2 aromatic carbocycles. The van der Waals surface area contributed by atoms with Crippen LogP contribution < -0.4 is 9.47 Å². The summed E-state index contributed by atoms with van der Waals surface area (Å²) in [6, 6.07) is 14.1. The number of benzene rings is 2. The molecule has 1 fully saturated rings. The van der Waals surface area contributed by atoms with Crippen molar-refractivity contribution in [1.82, 2.24) is 4.90 Å². The van der Waals surface area contributed by atoms with Crippen LogP contribution in [-0.2, 0) is 11.2 Å². The summed E-state index contributed by atoms with van der Waals surface area (Å²) in [4.78, 5) is 15.3. The van der Waals surface area contributed by atoms with Gasteiger partial charge in [-0.3, -0.25) is 9.69 Å². The number of aryl methyl sites for hydroxylation is 2. The van der Waals surface area contributed by atoms with E-state index in [1.54, 1.807) is 12.0 Å². The highest BCUT2D eigenvalue weighted by atomic mass is 32.2. The van der Waals surface area contributed by atoms with Gasteiger partial charge in [-0.15, -0.1) is 0 Å². The highest BCUT2D eigenvalue weighted by Gasteiger charge is 2.31. The normalized spacial score (nSPS) is 15.3. The van der Waals surface area contributed by atoms with E-state index in [1.807, 2.05) is 50.3 Å². The largest absolute Gasteiger partial charge is 0.493 e. The summed E-state index contributed by atoms with van der Waals surface area (Å²) >= 11 is 6.82. The summed E-state index contributed by atoms with van der Waals surface area (Å²) in [7, 11) is 1.62. The number of carbonyl (C=O) groups excluding carboxylic acids is 1. The summed E-state index contributed by atoms with van der Waals surface area (Å²) in [5, 5.41) is 0. The van der Waals surface area contributed by atoms with Crippen LogP contribution in [0, 0.1) is 6.92 Å². The van der Waals surface area contributed by atoms with Crippen LogP contribution in [0.15, 0.2) is 47.4 Å². The van der Waals surface area contributed by atoms with E-state index in [0.29, 0.717) is 33.9 Å². The zero-order valence-corrected chi connectivity index (χ0v) is 18.6. The highest BCUT2D eigenvalue weighted by Crippen LogP contribution is 2.36. The van der Waals surface area contributed by atoms with E-state index in [9.17, 15) is 4.79 Å². The predicted octanol–water partition coefficient (Wildman–Crippen LogP) is 5.24. The Kier molecular flexibility index (Phi) is 7.34. The summed E-state index contributed by atoms with van der Waals surface area (Å²) in [6.07, 6.45) is 3.69. The average molecular weight is 428 g/mol. The zero-order valence-electron chi connectivity index (χ0n) is 16.9. The number of nitrogens with zero attached hydrogens (tertiary/aromatic N) is 1. The molecule has 0 spiro atoms. The lowest BCUT2D eigenvalue weighted by Gasteiger charge is -2.14. The Balaban J connectivity index is 1.73. The first-order valence-electron chi connectivity index (χ1n) is 9.64. The first-order chi connectivity index (χ1) is 14.0. The third-order valence-corrected chi connectivity index (χ3v) is 6.08. The molecular formula is C23H25NO3S2. The number of hydrogen-bond donors (Lipinski definition) is 0. The van der Waals surface area contributed by atoms with Crippen LogP contribution in [0.2, 0.25) is 0 Å². The Labute approximate surface area is 181 Å². The van der Waals surface area contributed by atoms with E-state index in [0.717, 1.165) is 24.0 Å². The van der Waals surface area contributed by atoms with Crippen molar-refractivity contribution in [2.75, 3.05) is 20.3 Å². The molecule has 3 rings (SSSR count). The Bertz CT molecular complexity index is 925. The Morgan fingerprint density at radius 1 is 1.17 bits per heavy atom. The van der Waals surface area contributed by atoms with Crippen molar-refractivity contribution in [2.24, 2.45) is 0 Å². The second-order valence-corrected chi connectivity index (χ2v) is 8.39. The molecular weight excluding hydrogens is 402 g/mol.